The van der Waals surface area contributed by atoms with E-state index in [-0.39, 0.29) is 17.7 Å². The highest BCUT2D eigenvalue weighted by atomic mass is 16.2. The Morgan fingerprint density at radius 2 is 2.33 bits per heavy atom. The Balaban J connectivity index is 2.43. The number of hydrogen-bond acceptors (Lipinski definition) is 3. The van der Waals surface area contributed by atoms with Crippen LogP contribution in [0.3, 0.4) is 0 Å². The summed E-state index contributed by atoms with van der Waals surface area (Å²) < 4.78 is 0. The monoisotopic (exact) mass is 213 g/mol. The van der Waals surface area contributed by atoms with E-state index in [9.17, 15) is 9.59 Å². The molecule has 1 atom stereocenters. The molecule has 1 saturated heterocycles. The maximum atomic E-state index is 11.9. The van der Waals surface area contributed by atoms with Crippen molar-refractivity contribution in [1.29, 1.82) is 0 Å². The van der Waals surface area contributed by atoms with Gasteiger partial charge in [-0.15, -0.1) is 0 Å². The predicted molar refractivity (Wildman–Crippen MR) is 57.3 cm³/mol. The molecule has 0 aromatic carbocycles. The molecule has 1 unspecified atom stereocenters. The number of amides is 2. The maximum absolute atomic E-state index is 11.9. The molecule has 1 N–H and O–H groups in total. The highest BCUT2D eigenvalue weighted by Gasteiger charge is 2.33. The smallest absolute Gasteiger partial charge is 0.227 e. The lowest BCUT2D eigenvalue weighted by Crippen LogP contribution is -2.37. The fraction of sp³-hybridized carbons (Fsp3) is 0.800. The molecule has 1 rings (SSSR count). The molecule has 5 heteroatoms. The van der Waals surface area contributed by atoms with Crippen molar-refractivity contribution >= 4 is 11.8 Å². The average Bonchev–Trinajstić information content (AvgIpc) is 2.54. The number of rotatable bonds is 4. The molecule has 0 aromatic rings. The molecule has 1 aliphatic heterocycles. The number of hydrogen-bond donors (Lipinski definition) is 1. The number of nitrogens with zero attached hydrogens (tertiary/aromatic N) is 2. The van der Waals surface area contributed by atoms with Crippen LogP contribution in [0.4, 0.5) is 0 Å². The van der Waals surface area contributed by atoms with Crippen molar-refractivity contribution in [3.8, 4) is 0 Å². The summed E-state index contributed by atoms with van der Waals surface area (Å²) in [7, 11) is 5.37. The molecular formula is C10H19N3O2. The van der Waals surface area contributed by atoms with Gasteiger partial charge in [0.15, 0.2) is 0 Å². The lowest BCUT2D eigenvalue weighted by Gasteiger charge is -2.20. The number of nitrogens with one attached hydrogen (secondary N) is 1. The van der Waals surface area contributed by atoms with Gasteiger partial charge < -0.3 is 15.1 Å². The topological polar surface area (TPSA) is 52.7 Å². The molecule has 0 saturated carbocycles. The quantitative estimate of drug-likeness (QED) is 0.661. The molecule has 5 nitrogen and oxygen atoms in total. The largest absolute Gasteiger partial charge is 0.345 e. The fourth-order valence-corrected chi connectivity index (χ4v) is 1.73. The van der Waals surface area contributed by atoms with Gasteiger partial charge >= 0.3 is 0 Å². The van der Waals surface area contributed by atoms with Crippen LogP contribution in [0.5, 0.6) is 0 Å². The second kappa shape index (κ2) is 5.11. The Morgan fingerprint density at radius 3 is 2.80 bits per heavy atom. The van der Waals surface area contributed by atoms with Gasteiger partial charge in [0.2, 0.25) is 11.8 Å². The van der Waals surface area contributed by atoms with Crippen LogP contribution in [0, 0.1) is 5.92 Å². The zero-order chi connectivity index (χ0) is 11.4. The molecule has 0 spiro atoms. The van der Waals surface area contributed by atoms with Crippen LogP contribution < -0.4 is 5.32 Å². The Hall–Kier alpha value is -1.10. The standard InChI is InChI=1S/C10H19N3O2/c1-11-4-5-12(2)10(15)8-6-9(14)13(3)7-8/h8,11H,4-7H2,1-3H3. The summed E-state index contributed by atoms with van der Waals surface area (Å²) in [6.45, 7) is 2.02. The van der Waals surface area contributed by atoms with Gasteiger partial charge in [-0.3, -0.25) is 9.59 Å². The van der Waals surface area contributed by atoms with Gasteiger partial charge in [0, 0.05) is 40.2 Å². The first-order chi connectivity index (χ1) is 7.06. The van der Waals surface area contributed by atoms with Crippen molar-refractivity contribution in [3.63, 3.8) is 0 Å². The lowest BCUT2D eigenvalue weighted by molar-refractivity contribution is -0.134. The predicted octanol–water partition coefficient (Wildman–Crippen LogP) is -0.857. The Morgan fingerprint density at radius 1 is 1.67 bits per heavy atom. The number of likely N-dealkylation sites (N-methyl/N-ethyl adjacent to an activating group) is 2. The summed E-state index contributed by atoms with van der Waals surface area (Å²) in [5.74, 6) is -0.0114. The Labute approximate surface area is 90.4 Å². The van der Waals surface area contributed by atoms with Crippen LogP contribution in [0.1, 0.15) is 6.42 Å². The molecule has 0 radical (unpaired) electrons. The first-order valence-electron chi connectivity index (χ1n) is 5.19. The highest BCUT2D eigenvalue weighted by Crippen LogP contribution is 2.17. The normalized spacial score (nSPS) is 20.9. The molecule has 86 valence electrons. The van der Waals surface area contributed by atoms with Gasteiger partial charge in [-0.25, -0.2) is 0 Å². The third-order valence-corrected chi connectivity index (χ3v) is 2.76. The minimum atomic E-state index is -0.149. The zero-order valence-corrected chi connectivity index (χ0v) is 9.62. The Kier molecular flexibility index (Phi) is 4.08. The number of likely N-dealkylation sites (tertiary alicyclic amines) is 1. The van der Waals surface area contributed by atoms with Crippen LogP contribution in [0.15, 0.2) is 0 Å². The number of carbonyl (C=O) groups excluding carboxylic acids is 2. The minimum Gasteiger partial charge on any atom is -0.345 e. The summed E-state index contributed by atoms with van der Waals surface area (Å²) in [5, 5.41) is 2.99. The van der Waals surface area contributed by atoms with E-state index in [1.165, 1.54) is 0 Å². The van der Waals surface area contributed by atoms with Crippen LogP contribution in [-0.2, 0) is 9.59 Å². The van der Waals surface area contributed by atoms with Gasteiger partial charge in [0.25, 0.3) is 0 Å². The third-order valence-electron chi connectivity index (χ3n) is 2.76. The van der Waals surface area contributed by atoms with Gasteiger partial charge in [-0.1, -0.05) is 0 Å². The van der Waals surface area contributed by atoms with Crippen molar-refractivity contribution in [2.75, 3.05) is 40.8 Å². The summed E-state index contributed by atoms with van der Waals surface area (Å²) >= 11 is 0. The molecule has 1 heterocycles. The van der Waals surface area contributed by atoms with Crippen LogP contribution in [-0.4, -0.2) is 62.4 Å². The van der Waals surface area contributed by atoms with Crippen molar-refractivity contribution in [3.05, 3.63) is 0 Å². The highest BCUT2D eigenvalue weighted by molar-refractivity contribution is 5.89. The van der Waals surface area contributed by atoms with Gasteiger partial charge in [0.1, 0.15) is 0 Å². The molecular weight excluding hydrogens is 194 g/mol. The van der Waals surface area contributed by atoms with Crippen LogP contribution >= 0.6 is 0 Å². The van der Waals surface area contributed by atoms with E-state index in [2.05, 4.69) is 5.32 Å². The average molecular weight is 213 g/mol. The van der Waals surface area contributed by atoms with Crippen molar-refractivity contribution in [2.45, 2.75) is 6.42 Å². The first-order valence-corrected chi connectivity index (χ1v) is 5.19. The molecule has 0 aliphatic carbocycles. The van der Waals surface area contributed by atoms with Gasteiger partial charge in [-0.2, -0.15) is 0 Å². The fourth-order valence-electron chi connectivity index (χ4n) is 1.73. The van der Waals surface area contributed by atoms with E-state index in [0.717, 1.165) is 6.54 Å². The van der Waals surface area contributed by atoms with E-state index in [4.69, 9.17) is 0 Å². The van der Waals surface area contributed by atoms with Crippen molar-refractivity contribution < 1.29 is 9.59 Å². The summed E-state index contributed by atoms with van der Waals surface area (Å²) in [5.41, 5.74) is 0. The van der Waals surface area contributed by atoms with E-state index >= 15 is 0 Å². The molecule has 0 aromatic heterocycles. The second-order valence-corrected chi connectivity index (χ2v) is 4.04. The van der Waals surface area contributed by atoms with Gasteiger partial charge in [0.05, 0.1) is 5.92 Å². The van der Waals surface area contributed by atoms with Crippen LogP contribution in [0.2, 0.25) is 0 Å². The van der Waals surface area contributed by atoms with Gasteiger partial charge in [-0.05, 0) is 7.05 Å². The minimum absolute atomic E-state index is 0.0652. The molecule has 0 bridgehead atoms. The Bertz CT molecular complexity index is 255. The zero-order valence-electron chi connectivity index (χ0n) is 9.62. The molecule has 15 heavy (non-hydrogen) atoms. The molecule has 1 fully saturated rings. The second-order valence-electron chi connectivity index (χ2n) is 4.04. The van der Waals surface area contributed by atoms with Crippen molar-refractivity contribution in [2.24, 2.45) is 5.92 Å². The first kappa shape index (κ1) is 12.0. The summed E-state index contributed by atoms with van der Waals surface area (Å²) in [6, 6.07) is 0. The SMILES string of the molecule is CNCCN(C)C(=O)C1CC(=O)N(C)C1. The third kappa shape index (κ3) is 2.92. The lowest BCUT2D eigenvalue weighted by atomic mass is 10.1. The van der Waals surface area contributed by atoms with E-state index in [1.54, 1.807) is 23.9 Å². The van der Waals surface area contributed by atoms with E-state index < -0.39 is 0 Å². The van der Waals surface area contributed by atoms with Crippen molar-refractivity contribution in [1.82, 2.24) is 15.1 Å². The molecule has 2 amide bonds. The summed E-state index contributed by atoms with van der Waals surface area (Å²) in [6.07, 6.45) is 0.360. The summed E-state index contributed by atoms with van der Waals surface area (Å²) in [4.78, 5) is 26.4. The number of carbonyl (C=O) groups is 2. The van der Waals surface area contributed by atoms with E-state index in [1.807, 2.05) is 7.05 Å². The van der Waals surface area contributed by atoms with Crippen LogP contribution in [0.25, 0.3) is 0 Å². The maximum Gasteiger partial charge on any atom is 0.227 e. The molecule has 1 aliphatic rings. The van der Waals surface area contributed by atoms with E-state index in [0.29, 0.717) is 19.5 Å².